The van der Waals surface area contributed by atoms with Crippen molar-refractivity contribution in [1.82, 2.24) is 4.90 Å². The molecule has 162 valence electrons. The number of hydrogen-bond donors (Lipinski definition) is 0. The van der Waals surface area contributed by atoms with Gasteiger partial charge in [0.25, 0.3) is 0 Å². The molecule has 0 aromatic heterocycles. The highest BCUT2D eigenvalue weighted by molar-refractivity contribution is 5.72. The minimum Gasteiger partial charge on any atom is -0.381 e. The molecule has 0 bridgehead atoms. The zero-order valence-corrected chi connectivity index (χ0v) is 18.8. The third-order valence-corrected chi connectivity index (χ3v) is 6.72. The third kappa shape index (κ3) is 4.88. The summed E-state index contributed by atoms with van der Waals surface area (Å²) in [5, 5.41) is 0. The van der Waals surface area contributed by atoms with Crippen LogP contribution in [0.2, 0.25) is 0 Å². The first kappa shape index (κ1) is 21.4. The van der Waals surface area contributed by atoms with Crippen molar-refractivity contribution in [2.75, 3.05) is 51.0 Å². The van der Waals surface area contributed by atoms with Gasteiger partial charge in [0.05, 0.1) is 13.2 Å². The van der Waals surface area contributed by atoms with Crippen LogP contribution in [0.15, 0.2) is 36.4 Å². The Hall–Kier alpha value is -1.88. The van der Waals surface area contributed by atoms with Crippen LogP contribution in [0.5, 0.6) is 0 Å². The van der Waals surface area contributed by atoms with Crippen LogP contribution in [-0.4, -0.2) is 57.0 Å². The van der Waals surface area contributed by atoms with Crippen LogP contribution in [-0.2, 0) is 16.0 Å². The summed E-state index contributed by atoms with van der Waals surface area (Å²) < 4.78 is 11.1. The summed E-state index contributed by atoms with van der Waals surface area (Å²) >= 11 is 0. The molecular weight excluding hydrogens is 372 g/mol. The fraction of sp³-hybridized carbons (Fsp3) is 0.538. The highest BCUT2D eigenvalue weighted by atomic mass is 16.5. The number of ether oxygens (including phenoxy) is 2. The van der Waals surface area contributed by atoms with Gasteiger partial charge < -0.3 is 14.4 Å². The number of aryl methyl sites for hydroxylation is 1. The molecule has 0 radical (unpaired) electrons. The van der Waals surface area contributed by atoms with Crippen LogP contribution >= 0.6 is 0 Å². The van der Waals surface area contributed by atoms with E-state index in [1.807, 2.05) is 0 Å². The van der Waals surface area contributed by atoms with E-state index in [2.05, 4.69) is 67.0 Å². The number of rotatable bonds is 6. The molecule has 2 saturated heterocycles. The van der Waals surface area contributed by atoms with Crippen molar-refractivity contribution in [1.29, 1.82) is 0 Å². The normalized spacial score (nSPS) is 18.5. The topological polar surface area (TPSA) is 24.9 Å². The number of hydrogen-bond acceptors (Lipinski definition) is 4. The van der Waals surface area contributed by atoms with Crippen molar-refractivity contribution >= 4 is 5.69 Å². The average molecular weight is 409 g/mol. The minimum absolute atomic E-state index is 0.577. The molecule has 0 spiro atoms. The van der Waals surface area contributed by atoms with E-state index in [0.717, 1.165) is 65.4 Å². The molecule has 4 nitrogen and oxygen atoms in total. The van der Waals surface area contributed by atoms with Crippen molar-refractivity contribution in [2.45, 2.75) is 46.2 Å². The Kier molecular flexibility index (Phi) is 7.08. The van der Waals surface area contributed by atoms with E-state index in [0.29, 0.717) is 6.04 Å². The summed E-state index contributed by atoms with van der Waals surface area (Å²) in [7, 11) is 0. The monoisotopic (exact) mass is 408 g/mol. The molecule has 2 aromatic carbocycles. The zero-order valence-electron chi connectivity index (χ0n) is 18.8. The van der Waals surface area contributed by atoms with Crippen molar-refractivity contribution in [3.05, 3.63) is 53.1 Å². The summed E-state index contributed by atoms with van der Waals surface area (Å²) in [4.78, 5) is 5.07. The largest absolute Gasteiger partial charge is 0.381 e. The maximum Gasteiger partial charge on any atom is 0.0594 e. The molecule has 0 aliphatic carbocycles. The Morgan fingerprint density at radius 2 is 1.57 bits per heavy atom. The molecule has 0 atom stereocenters. The second-order valence-corrected chi connectivity index (χ2v) is 8.65. The highest BCUT2D eigenvalue weighted by Gasteiger charge is 2.23. The maximum absolute atomic E-state index is 5.61. The van der Waals surface area contributed by atoms with Gasteiger partial charge in [-0.25, -0.2) is 0 Å². The lowest BCUT2D eigenvalue weighted by molar-refractivity contribution is 0.0342. The van der Waals surface area contributed by atoms with E-state index in [4.69, 9.17) is 9.47 Å². The Morgan fingerprint density at radius 3 is 2.23 bits per heavy atom. The molecule has 2 aliphatic heterocycles. The fourth-order valence-corrected chi connectivity index (χ4v) is 4.75. The number of anilines is 1. The van der Waals surface area contributed by atoms with E-state index in [9.17, 15) is 0 Å². The van der Waals surface area contributed by atoms with Crippen LogP contribution in [0.1, 0.15) is 36.5 Å². The summed E-state index contributed by atoms with van der Waals surface area (Å²) in [5.74, 6) is 0. The van der Waals surface area contributed by atoms with Gasteiger partial charge in [0.2, 0.25) is 0 Å². The molecular formula is C26H36N2O2. The van der Waals surface area contributed by atoms with Crippen LogP contribution in [0.4, 0.5) is 5.69 Å². The third-order valence-electron chi connectivity index (χ3n) is 6.72. The molecule has 2 aromatic rings. The number of nitrogens with zero attached hydrogens (tertiary/aromatic N) is 2. The Balaban J connectivity index is 1.56. The number of morpholine rings is 1. The molecule has 0 unspecified atom stereocenters. The molecule has 0 N–H and O–H groups in total. The quantitative estimate of drug-likeness (QED) is 0.685. The van der Waals surface area contributed by atoms with Gasteiger partial charge >= 0.3 is 0 Å². The van der Waals surface area contributed by atoms with Crippen LogP contribution in [0.3, 0.4) is 0 Å². The fourth-order valence-electron chi connectivity index (χ4n) is 4.75. The van der Waals surface area contributed by atoms with Crippen LogP contribution in [0, 0.1) is 13.8 Å². The first-order chi connectivity index (χ1) is 14.7. The maximum atomic E-state index is 5.61. The molecule has 2 aliphatic rings. The van der Waals surface area contributed by atoms with Gasteiger partial charge in [0.15, 0.2) is 0 Å². The first-order valence-electron chi connectivity index (χ1n) is 11.5. The van der Waals surface area contributed by atoms with E-state index < -0.39 is 0 Å². The first-order valence-corrected chi connectivity index (χ1v) is 11.5. The van der Waals surface area contributed by atoms with Gasteiger partial charge in [-0.3, -0.25) is 4.90 Å². The lowest BCUT2D eigenvalue weighted by Gasteiger charge is -2.37. The van der Waals surface area contributed by atoms with Gasteiger partial charge in [0.1, 0.15) is 0 Å². The Bertz CT molecular complexity index is 822. The summed E-state index contributed by atoms with van der Waals surface area (Å²) in [6.07, 6.45) is 2.24. The van der Waals surface area contributed by atoms with E-state index in [-0.39, 0.29) is 0 Å². The van der Waals surface area contributed by atoms with Crippen molar-refractivity contribution in [3.63, 3.8) is 0 Å². The standard InChI is InChI=1S/C26H36N2O2/c1-4-28(25-9-13-29-14-10-25)26-18-24(17-20(2)21(26)3)23-7-5-22(6-8-23)19-27-11-15-30-16-12-27/h5-8,17-18,25H,4,9-16,19H2,1-3H3. The number of benzene rings is 2. The van der Waals surface area contributed by atoms with Gasteiger partial charge in [0, 0.05) is 51.1 Å². The van der Waals surface area contributed by atoms with Crippen LogP contribution in [0.25, 0.3) is 11.1 Å². The van der Waals surface area contributed by atoms with Crippen LogP contribution < -0.4 is 4.90 Å². The van der Waals surface area contributed by atoms with Crippen molar-refractivity contribution in [3.8, 4) is 11.1 Å². The predicted octanol–water partition coefficient (Wildman–Crippen LogP) is 4.81. The van der Waals surface area contributed by atoms with Gasteiger partial charge in [-0.2, -0.15) is 0 Å². The minimum atomic E-state index is 0.577. The molecule has 30 heavy (non-hydrogen) atoms. The Labute approximate surface area is 181 Å². The second kappa shape index (κ2) is 9.95. The lowest BCUT2D eigenvalue weighted by atomic mass is 9.96. The molecule has 4 rings (SSSR count). The SMILES string of the molecule is CCN(c1cc(-c2ccc(CN3CCOCC3)cc2)cc(C)c1C)C1CCOCC1. The van der Waals surface area contributed by atoms with Gasteiger partial charge in [-0.1, -0.05) is 30.3 Å². The average Bonchev–Trinajstić information content (AvgIpc) is 2.79. The smallest absolute Gasteiger partial charge is 0.0594 e. The van der Waals surface area contributed by atoms with E-state index in [1.54, 1.807) is 0 Å². The van der Waals surface area contributed by atoms with Gasteiger partial charge in [-0.05, 0) is 67.5 Å². The summed E-state index contributed by atoms with van der Waals surface area (Å²) in [5.41, 5.74) is 8.14. The second-order valence-electron chi connectivity index (χ2n) is 8.65. The van der Waals surface area contributed by atoms with E-state index in [1.165, 1.54) is 33.5 Å². The summed E-state index contributed by atoms with van der Waals surface area (Å²) in [6.45, 7) is 14.3. The van der Waals surface area contributed by atoms with Crippen molar-refractivity contribution in [2.24, 2.45) is 0 Å². The summed E-state index contributed by atoms with van der Waals surface area (Å²) in [6, 6.07) is 14.5. The molecule has 4 heteroatoms. The Morgan fingerprint density at radius 1 is 0.900 bits per heavy atom. The molecule has 2 fully saturated rings. The predicted molar refractivity (Wildman–Crippen MR) is 124 cm³/mol. The van der Waals surface area contributed by atoms with E-state index >= 15 is 0 Å². The molecule has 2 heterocycles. The molecule has 0 amide bonds. The lowest BCUT2D eigenvalue weighted by Crippen LogP contribution is -2.39. The van der Waals surface area contributed by atoms with Crippen molar-refractivity contribution < 1.29 is 9.47 Å². The van der Waals surface area contributed by atoms with Gasteiger partial charge in [-0.15, -0.1) is 0 Å². The molecule has 0 saturated carbocycles. The highest BCUT2D eigenvalue weighted by Crippen LogP contribution is 2.33. The zero-order chi connectivity index (χ0) is 20.9.